The average molecular weight is 282 g/mol. The van der Waals surface area contributed by atoms with E-state index in [1.54, 1.807) is 24.3 Å². The van der Waals surface area contributed by atoms with Gasteiger partial charge in [-0.3, -0.25) is 9.69 Å². The average Bonchev–Trinajstić information content (AvgIpc) is 2.54. The second-order valence-corrected chi connectivity index (χ2v) is 4.57. The number of nitrogens with zero attached hydrogens (tertiary/aromatic N) is 2. The summed E-state index contributed by atoms with van der Waals surface area (Å²) in [4.78, 5) is 14.1. The lowest BCUT2D eigenvalue weighted by atomic mass is 10.1. The van der Waals surface area contributed by atoms with Crippen LogP contribution in [0.3, 0.4) is 0 Å². The van der Waals surface area contributed by atoms with Crippen molar-refractivity contribution in [3.8, 4) is 6.07 Å². The van der Waals surface area contributed by atoms with Gasteiger partial charge in [0.2, 0.25) is 0 Å². The molecule has 0 spiro atoms. The normalized spacial score (nSPS) is 11.5. The van der Waals surface area contributed by atoms with Crippen molar-refractivity contribution in [2.75, 3.05) is 4.90 Å². The Balaban J connectivity index is 2.44. The van der Waals surface area contributed by atoms with Crippen LogP contribution >= 0.6 is 0 Å². The van der Waals surface area contributed by atoms with Crippen molar-refractivity contribution in [2.45, 2.75) is 19.4 Å². The van der Waals surface area contributed by atoms with E-state index in [-0.39, 0.29) is 11.7 Å². The quantitative estimate of drug-likeness (QED) is 0.856. The molecule has 1 unspecified atom stereocenters. The minimum Gasteiger partial charge on any atom is -0.292 e. The number of halogens is 1. The highest BCUT2D eigenvalue weighted by molar-refractivity contribution is 6.06. The lowest BCUT2D eigenvalue weighted by Crippen LogP contribution is -2.39. The molecule has 1 atom stereocenters. The summed E-state index contributed by atoms with van der Waals surface area (Å²) in [6.07, 6.45) is 0.493. The molecule has 2 aromatic rings. The Bertz CT molecular complexity index is 647. The Kier molecular flexibility index (Phi) is 4.68. The van der Waals surface area contributed by atoms with Crippen LogP contribution in [0.2, 0.25) is 0 Å². The van der Waals surface area contributed by atoms with Gasteiger partial charge in [0.25, 0.3) is 5.91 Å². The second kappa shape index (κ2) is 6.67. The van der Waals surface area contributed by atoms with Crippen LogP contribution in [0, 0.1) is 17.1 Å². The van der Waals surface area contributed by atoms with Gasteiger partial charge in [0.05, 0.1) is 6.07 Å². The Labute approximate surface area is 123 Å². The molecule has 1 amide bonds. The van der Waals surface area contributed by atoms with Crippen molar-refractivity contribution in [1.82, 2.24) is 0 Å². The number of hydrogen-bond donors (Lipinski definition) is 0. The zero-order valence-electron chi connectivity index (χ0n) is 11.7. The van der Waals surface area contributed by atoms with E-state index in [2.05, 4.69) is 6.07 Å². The molecule has 21 heavy (non-hydrogen) atoms. The van der Waals surface area contributed by atoms with Crippen LogP contribution in [0.1, 0.15) is 23.7 Å². The molecule has 0 aliphatic rings. The Hall–Kier alpha value is -2.67. The fourth-order valence-electron chi connectivity index (χ4n) is 2.09. The van der Waals surface area contributed by atoms with Crippen molar-refractivity contribution in [3.05, 3.63) is 66.0 Å². The third-order valence-corrected chi connectivity index (χ3v) is 3.19. The van der Waals surface area contributed by atoms with E-state index in [4.69, 9.17) is 0 Å². The second-order valence-electron chi connectivity index (χ2n) is 4.57. The lowest BCUT2D eigenvalue weighted by molar-refractivity contribution is 0.0981. The summed E-state index contributed by atoms with van der Waals surface area (Å²) in [6, 6.07) is 15.9. The molecule has 0 aromatic heterocycles. The number of nitriles is 1. The van der Waals surface area contributed by atoms with Crippen molar-refractivity contribution >= 4 is 11.6 Å². The molecule has 0 bridgehead atoms. The van der Waals surface area contributed by atoms with Gasteiger partial charge in [-0.2, -0.15) is 5.26 Å². The van der Waals surface area contributed by atoms with Crippen LogP contribution in [0.4, 0.5) is 10.1 Å². The molecule has 0 radical (unpaired) electrons. The molecule has 106 valence electrons. The first-order valence-electron chi connectivity index (χ1n) is 6.71. The number of anilines is 1. The number of carbonyl (C=O) groups is 1. The van der Waals surface area contributed by atoms with Gasteiger partial charge < -0.3 is 0 Å². The van der Waals surface area contributed by atoms with Gasteiger partial charge >= 0.3 is 0 Å². The topological polar surface area (TPSA) is 44.1 Å². The first-order chi connectivity index (χ1) is 10.2. The van der Waals surface area contributed by atoms with Crippen molar-refractivity contribution < 1.29 is 9.18 Å². The van der Waals surface area contributed by atoms with Gasteiger partial charge in [0.15, 0.2) is 0 Å². The third kappa shape index (κ3) is 3.26. The van der Waals surface area contributed by atoms with E-state index < -0.39 is 6.04 Å². The molecule has 0 aliphatic heterocycles. The zero-order chi connectivity index (χ0) is 15.2. The van der Waals surface area contributed by atoms with E-state index in [1.807, 2.05) is 13.0 Å². The first kappa shape index (κ1) is 14.7. The lowest BCUT2D eigenvalue weighted by Gasteiger charge is -2.27. The van der Waals surface area contributed by atoms with E-state index in [0.717, 1.165) is 0 Å². The maximum absolute atomic E-state index is 13.1. The Morgan fingerprint density at radius 1 is 1.19 bits per heavy atom. The van der Waals surface area contributed by atoms with E-state index in [1.165, 1.54) is 29.2 Å². The summed E-state index contributed by atoms with van der Waals surface area (Å²) in [6.45, 7) is 1.84. The molecule has 4 heteroatoms. The Morgan fingerprint density at radius 2 is 1.81 bits per heavy atom. The van der Waals surface area contributed by atoms with Crippen molar-refractivity contribution in [3.63, 3.8) is 0 Å². The molecule has 0 heterocycles. The SMILES string of the molecule is CCC(C#N)N(C(=O)c1ccccc1)c1ccc(F)cc1. The Morgan fingerprint density at radius 3 is 2.33 bits per heavy atom. The summed E-state index contributed by atoms with van der Waals surface area (Å²) < 4.78 is 13.1. The molecule has 0 aliphatic carbocycles. The van der Waals surface area contributed by atoms with Crippen molar-refractivity contribution in [2.24, 2.45) is 0 Å². The zero-order valence-corrected chi connectivity index (χ0v) is 11.7. The van der Waals surface area contributed by atoms with Gasteiger partial charge in [-0.25, -0.2) is 4.39 Å². The van der Waals surface area contributed by atoms with E-state index in [9.17, 15) is 14.4 Å². The number of hydrogen-bond acceptors (Lipinski definition) is 2. The molecule has 0 fully saturated rings. The van der Waals surface area contributed by atoms with Crippen LogP contribution in [0.15, 0.2) is 54.6 Å². The number of rotatable bonds is 4. The molecular weight excluding hydrogens is 267 g/mol. The van der Waals surface area contributed by atoms with Crippen LogP contribution in [0.25, 0.3) is 0 Å². The first-order valence-corrected chi connectivity index (χ1v) is 6.71. The largest absolute Gasteiger partial charge is 0.292 e. The fraction of sp³-hybridized carbons (Fsp3) is 0.176. The fourth-order valence-corrected chi connectivity index (χ4v) is 2.09. The summed E-state index contributed by atoms with van der Waals surface area (Å²) >= 11 is 0. The maximum Gasteiger partial charge on any atom is 0.259 e. The van der Waals surface area contributed by atoms with Crippen LogP contribution in [-0.4, -0.2) is 11.9 Å². The molecule has 3 nitrogen and oxygen atoms in total. The summed E-state index contributed by atoms with van der Waals surface area (Å²) in [5.74, 6) is -0.647. The van der Waals surface area contributed by atoms with Gasteiger partial charge in [-0.05, 0) is 42.8 Å². The van der Waals surface area contributed by atoms with Gasteiger partial charge in [-0.15, -0.1) is 0 Å². The maximum atomic E-state index is 13.1. The van der Waals surface area contributed by atoms with E-state index in [0.29, 0.717) is 17.7 Å². The summed E-state index contributed by atoms with van der Waals surface area (Å²) in [5, 5.41) is 9.29. The molecule has 2 aromatic carbocycles. The third-order valence-electron chi connectivity index (χ3n) is 3.19. The standard InChI is InChI=1S/C17H15FN2O/c1-2-15(12-19)20(16-10-8-14(18)9-11-16)17(21)13-6-4-3-5-7-13/h3-11,15H,2H2,1H3. The van der Waals surface area contributed by atoms with Crippen LogP contribution < -0.4 is 4.90 Å². The highest BCUT2D eigenvalue weighted by Crippen LogP contribution is 2.22. The van der Waals surface area contributed by atoms with Gasteiger partial charge in [0, 0.05) is 11.3 Å². The molecule has 0 N–H and O–H groups in total. The predicted molar refractivity (Wildman–Crippen MR) is 79.3 cm³/mol. The van der Waals surface area contributed by atoms with Crippen molar-refractivity contribution in [1.29, 1.82) is 5.26 Å². The molecule has 2 rings (SSSR count). The molecule has 0 saturated heterocycles. The minimum absolute atomic E-state index is 0.268. The number of amides is 1. The van der Waals surface area contributed by atoms with Crippen LogP contribution in [0.5, 0.6) is 0 Å². The monoisotopic (exact) mass is 282 g/mol. The van der Waals surface area contributed by atoms with Gasteiger partial charge in [-0.1, -0.05) is 25.1 Å². The number of carbonyl (C=O) groups excluding carboxylic acids is 1. The predicted octanol–water partition coefficient (Wildman–Crippen LogP) is 3.77. The number of benzene rings is 2. The highest BCUT2D eigenvalue weighted by Gasteiger charge is 2.25. The van der Waals surface area contributed by atoms with Crippen LogP contribution in [-0.2, 0) is 0 Å². The van der Waals surface area contributed by atoms with E-state index >= 15 is 0 Å². The van der Waals surface area contributed by atoms with Gasteiger partial charge in [0.1, 0.15) is 11.9 Å². The highest BCUT2D eigenvalue weighted by atomic mass is 19.1. The smallest absolute Gasteiger partial charge is 0.259 e. The minimum atomic E-state index is -0.594. The molecule has 0 saturated carbocycles. The summed E-state index contributed by atoms with van der Waals surface area (Å²) in [5.41, 5.74) is 1.01. The molecular formula is C17H15FN2O. The summed E-state index contributed by atoms with van der Waals surface area (Å²) in [7, 11) is 0.